The molecule has 1 aliphatic heterocycles. The number of aliphatic hydroxyl groups excluding tert-OH is 1. The van der Waals surface area contributed by atoms with Gasteiger partial charge in [-0.1, -0.05) is 38.1 Å². The van der Waals surface area contributed by atoms with E-state index >= 15 is 0 Å². The number of hydrogen-bond donors (Lipinski definition) is 2. The van der Waals surface area contributed by atoms with Crippen LogP contribution < -0.4 is 5.32 Å². The van der Waals surface area contributed by atoms with Crippen molar-refractivity contribution in [2.45, 2.75) is 45.6 Å². The number of carbonyl (C=O) groups is 1. The van der Waals surface area contributed by atoms with Crippen molar-refractivity contribution in [2.75, 3.05) is 38.2 Å². The highest BCUT2D eigenvalue weighted by Crippen LogP contribution is 2.59. The topological polar surface area (TPSA) is 61.8 Å². The molecule has 4 aliphatic rings. The van der Waals surface area contributed by atoms with E-state index in [9.17, 15) is 9.90 Å². The van der Waals surface area contributed by atoms with Gasteiger partial charge in [-0.05, 0) is 73.7 Å². The van der Waals surface area contributed by atoms with Crippen molar-refractivity contribution < 1.29 is 14.6 Å². The summed E-state index contributed by atoms with van der Waals surface area (Å²) in [6.07, 6.45) is 6.02. The average molecular weight is 413 g/mol. The highest BCUT2D eigenvalue weighted by molar-refractivity contribution is 5.92. The van der Waals surface area contributed by atoms with Crippen LogP contribution in [0.4, 0.5) is 5.69 Å². The van der Waals surface area contributed by atoms with Crippen LogP contribution in [0.5, 0.6) is 0 Å². The molecule has 3 unspecified atom stereocenters. The Morgan fingerprint density at radius 2 is 2.00 bits per heavy atom. The SMILES string of the molecule is CC1(C)C2CC=C(COCC(O)CN3CCC(C(=O)Nc4ccccc4)CC3)C1C2. The molecule has 164 valence electrons. The third-order valence-corrected chi connectivity index (χ3v) is 7.63. The lowest BCUT2D eigenvalue weighted by molar-refractivity contribution is -0.121. The lowest BCUT2D eigenvalue weighted by atomic mass is 9.49. The molecule has 2 fully saturated rings. The standard InChI is InChI=1S/C25H36N2O3/c1-25(2)20-9-8-19(23(25)14-20)16-30-17-22(28)15-27-12-10-18(11-13-27)24(29)26-21-6-4-3-5-7-21/h3-8,18,20,22-23,28H,9-17H2,1-2H3,(H,26,29). The van der Waals surface area contributed by atoms with Crippen LogP contribution in [0.15, 0.2) is 42.0 Å². The van der Waals surface area contributed by atoms with Gasteiger partial charge in [0, 0.05) is 18.2 Å². The Balaban J connectivity index is 1.13. The maximum absolute atomic E-state index is 12.5. The fourth-order valence-electron chi connectivity index (χ4n) is 5.45. The smallest absolute Gasteiger partial charge is 0.227 e. The number of anilines is 1. The Kier molecular flexibility index (Phi) is 6.61. The Bertz CT molecular complexity index is 753. The zero-order chi connectivity index (χ0) is 21.1. The van der Waals surface area contributed by atoms with Crippen LogP contribution in [0, 0.1) is 23.2 Å². The first kappa shape index (κ1) is 21.5. The van der Waals surface area contributed by atoms with Gasteiger partial charge in [-0.15, -0.1) is 0 Å². The maximum Gasteiger partial charge on any atom is 0.227 e. The Morgan fingerprint density at radius 3 is 2.67 bits per heavy atom. The van der Waals surface area contributed by atoms with Crippen molar-refractivity contribution in [1.82, 2.24) is 4.90 Å². The Morgan fingerprint density at radius 1 is 1.27 bits per heavy atom. The zero-order valence-electron chi connectivity index (χ0n) is 18.3. The highest BCUT2D eigenvalue weighted by Gasteiger charge is 2.50. The molecular formula is C25H36N2O3. The van der Waals surface area contributed by atoms with Gasteiger partial charge in [0.2, 0.25) is 5.91 Å². The maximum atomic E-state index is 12.5. The highest BCUT2D eigenvalue weighted by atomic mass is 16.5. The minimum absolute atomic E-state index is 0.0442. The summed E-state index contributed by atoms with van der Waals surface area (Å²) in [4.78, 5) is 14.7. The number of β-amino-alcohol motifs (C(OH)–C–C–N with tert-alkyl or cyclic N) is 1. The molecular weight excluding hydrogens is 376 g/mol. The first-order valence-electron chi connectivity index (χ1n) is 11.5. The molecule has 30 heavy (non-hydrogen) atoms. The first-order chi connectivity index (χ1) is 14.4. The summed E-state index contributed by atoms with van der Waals surface area (Å²) in [7, 11) is 0. The van der Waals surface area contributed by atoms with Gasteiger partial charge in [0.1, 0.15) is 0 Å². The molecule has 1 aromatic carbocycles. The molecule has 1 saturated carbocycles. The minimum Gasteiger partial charge on any atom is -0.389 e. The number of aliphatic hydroxyl groups is 1. The van der Waals surface area contributed by atoms with E-state index in [4.69, 9.17) is 4.74 Å². The van der Waals surface area contributed by atoms with Crippen LogP contribution in [0.25, 0.3) is 0 Å². The molecule has 5 heteroatoms. The van der Waals surface area contributed by atoms with Gasteiger partial charge < -0.3 is 20.1 Å². The van der Waals surface area contributed by atoms with Crippen LogP contribution in [0.1, 0.15) is 39.5 Å². The van der Waals surface area contributed by atoms with Crippen molar-refractivity contribution in [3.8, 4) is 0 Å². The summed E-state index contributed by atoms with van der Waals surface area (Å²) >= 11 is 0. The molecule has 3 atom stereocenters. The monoisotopic (exact) mass is 412 g/mol. The number of amides is 1. The molecule has 1 aromatic rings. The van der Waals surface area contributed by atoms with Crippen molar-refractivity contribution in [3.63, 3.8) is 0 Å². The van der Waals surface area contributed by atoms with Crippen molar-refractivity contribution in [1.29, 1.82) is 0 Å². The number of benzene rings is 1. The molecule has 2 N–H and O–H groups in total. The molecule has 0 radical (unpaired) electrons. The van der Waals surface area contributed by atoms with E-state index in [2.05, 4.69) is 30.1 Å². The summed E-state index contributed by atoms with van der Waals surface area (Å²) in [6, 6.07) is 9.62. The molecule has 1 amide bonds. The van der Waals surface area contributed by atoms with E-state index in [1.165, 1.54) is 18.4 Å². The molecule has 5 nitrogen and oxygen atoms in total. The van der Waals surface area contributed by atoms with Gasteiger partial charge in [-0.3, -0.25) is 4.79 Å². The summed E-state index contributed by atoms with van der Waals surface area (Å²) in [5.41, 5.74) is 2.70. The molecule has 5 rings (SSSR count). The molecule has 1 saturated heterocycles. The van der Waals surface area contributed by atoms with Gasteiger partial charge in [0.25, 0.3) is 0 Å². The summed E-state index contributed by atoms with van der Waals surface area (Å²) in [6.45, 7) is 8.07. The normalized spacial score (nSPS) is 27.1. The van der Waals surface area contributed by atoms with Crippen molar-refractivity contribution in [2.24, 2.45) is 23.2 Å². The van der Waals surface area contributed by atoms with Crippen LogP contribution in [-0.2, 0) is 9.53 Å². The Labute approximate surface area is 180 Å². The van der Waals surface area contributed by atoms with E-state index in [-0.39, 0.29) is 11.8 Å². The molecule has 1 heterocycles. The van der Waals surface area contributed by atoms with Gasteiger partial charge >= 0.3 is 0 Å². The van der Waals surface area contributed by atoms with Crippen molar-refractivity contribution in [3.05, 3.63) is 42.0 Å². The number of nitrogens with zero attached hydrogens (tertiary/aromatic N) is 1. The number of rotatable bonds is 8. The lowest BCUT2D eigenvalue weighted by Gasteiger charge is -2.56. The van der Waals surface area contributed by atoms with Crippen LogP contribution in [0.3, 0.4) is 0 Å². The number of ether oxygens (including phenoxy) is 1. The minimum atomic E-state index is -0.481. The fourth-order valence-corrected chi connectivity index (χ4v) is 5.45. The number of carbonyl (C=O) groups excluding carboxylic acids is 1. The average Bonchev–Trinajstić information content (AvgIpc) is 2.75. The zero-order valence-corrected chi connectivity index (χ0v) is 18.3. The second-order valence-corrected chi connectivity index (χ2v) is 9.92. The predicted molar refractivity (Wildman–Crippen MR) is 119 cm³/mol. The van der Waals surface area contributed by atoms with Crippen molar-refractivity contribution >= 4 is 11.6 Å². The first-order valence-corrected chi connectivity index (χ1v) is 11.5. The predicted octanol–water partition coefficient (Wildman–Crippen LogP) is 3.71. The van der Waals surface area contributed by atoms with Crippen LogP contribution >= 0.6 is 0 Å². The van der Waals surface area contributed by atoms with Crippen LogP contribution in [0.2, 0.25) is 0 Å². The number of para-hydroxylation sites is 1. The summed E-state index contributed by atoms with van der Waals surface area (Å²) in [5.74, 6) is 1.65. The van der Waals surface area contributed by atoms with Gasteiger partial charge in [0.15, 0.2) is 0 Å². The number of hydrogen-bond acceptors (Lipinski definition) is 4. The second-order valence-electron chi connectivity index (χ2n) is 9.92. The molecule has 0 spiro atoms. The Hall–Kier alpha value is -1.69. The van der Waals surface area contributed by atoms with E-state index < -0.39 is 6.10 Å². The third-order valence-electron chi connectivity index (χ3n) is 7.63. The number of piperidine rings is 1. The molecule has 3 aliphatic carbocycles. The second kappa shape index (κ2) is 9.21. The third kappa shape index (κ3) is 4.79. The summed E-state index contributed by atoms with van der Waals surface area (Å²) < 4.78 is 5.88. The number of fused-ring (bicyclic) bond motifs is 1. The van der Waals surface area contributed by atoms with Crippen LogP contribution in [-0.4, -0.2) is 54.9 Å². The van der Waals surface area contributed by atoms with E-state index in [1.807, 2.05) is 30.3 Å². The number of likely N-dealkylation sites (tertiary alicyclic amines) is 1. The largest absolute Gasteiger partial charge is 0.389 e. The van der Waals surface area contributed by atoms with Gasteiger partial charge in [0.05, 0.1) is 19.3 Å². The van der Waals surface area contributed by atoms with Gasteiger partial charge in [-0.2, -0.15) is 0 Å². The van der Waals surface area contributed by atoms with E-state index in [0.29, 0.717) is 31.1 Å². The molecule has 2 bridgehead atoms. The fraction of sp³-hybridized carbons (Fsp3) is 0.640. The van der Waals surface area contributed by atoms with Gasteiger partial charge in [-0.25, -0.2) is 0 Å². The lowest BCUT2D eigenvalue weighted by Crippen LogP contribution is -2.48. The quantitative estimate of drug-likeness (QED) is 0.639. The van der Waals surface area contributed by atoms with E-state index in [0.717, 1.165) is 37.5 Å². The number of nitrogens with one attached hydrogen (secondary N) is 1. The molecule has 0 aromatic heterocycles. The number of allylic oxidation sites excluding steroid dienone is 1. The summed E-state index contributed by atoms with van der Waals surface area (Å²) in [5, 5.41) is 13.4. The van der Waals surface area contributed by atoms with E-state index in [1.54, 1.807) is 0 Å².